The lowest BCUT2D eigenvalue weighted by Gasteiger charge is -2.06. The Hall–Kier alpha value is -1.56. The van der Waals surface area contributed by atoms with Gasteiger partial charge in [0.25, 0.3) is 0 Å². The molecule has 0 radical (unpaired) electrons. The summed E-state index contributed by atoms with van der Waals surface area (Å²) in [4.78, 5) is 12.2. The molecule has 0 aliphatic rings. The Morgan fingerprint density at radius 1 is 1.44 bits per heavy atom. The van der Waals surface area contributed by atoms with Gasteiger partial charge < -0.3 is 0 Å². The minimum Gasteiger partial charge on any atom is -0.287 e. The maximum absolute atomic E-state index is 13.6. The molecule has 0 aliphatic heterocycles. The second-order valence-electron chi connectivity index (χ2n) is 3.61. The van der Waals surface area contributed by atoms with Gasteiger partial charge in [0, 0.05) is 12.6 Å². The van der Waals surface area contributed by atoms with E-state index in [4.69, 9.17) is 0 Å². The highest BCUT2D eigenvalue weighted by atomic mass is 79.9. The SMILES string of the molecule is CCn1ncc(Br)c1C(=O)c1ccc(F)cc1F. The average molecular weight is 315 g/mol. The van der Waals surface area contributed by atoms with E-state index in [1.54, 1.807) is 0 Å². The van der Waals surface area contributed by atoms with Crippen molar-refractivity contribution in [2.45, 2.75) is 13.5 Å². The minimum absolute atomic E-state index is 0.174. The van der Waals surface area contributed by atoms with Gasteiger partial charge in [-0.25, -0.2) is 8.78 Å². The number of benzene rings is 1. The van der Waals surface area contributed by atoms with Crippen LogP contribution >= 0.6 is 15.9 Å². The van der Waals surface area contributed by atoms with E-state index in [-0.39, 0.29) is 11.3 Å². The Bertz CT molecular complexity index is 610. The summed E-state index contributed by atoms with van der Waals surface area (Å²) in [6.45, 7) is 2.30. The molecule has 0 unspecified atom stereocenters. The van der Waals surface area contributed by atoms with Gasteiger partial charge in [-0.1, -0.05) is 0 Å². The summed E-state index contributed by atoms with van der Waals surface area (Å²) in [6.07, 6.45) is 1.47. The highest BCUT2D eigenvalue weighted by Gasteiger charge is 2.21. The lowest BCUT2D eigenvalue weighted by Crippen LogP contribution is -2.12. The molecular formula is C12H9BrF2N2O. The number of aromatic nitrogens is 2. The molecule has 0 N–H and O–H groups in total. The summed E-state index contributed by atoms with van der Waals surface area (Å²) in [5.74, 6) is -2.12. The van der Waals surface area contributed by atoms with E-state index in [0.717, 1.165) is 12.1 Å². The Morgan fingerprint density at radius 2 is 2.17 bits per heavy atom. The second kappa shape index (κ2) is 4.97. The molecule has 2 rings (SSSR count). The number of carbonyl (C=O) groups excluding carboxylic acids is 1. The van der Waals surface area contributed by atoms with Crippen LogP contribution in [0.2, 0.25) is 0 Å². The van der Waals surface area contributed by atoms with E-state index < -0.39 is 17.4 Å². The van der Waals surface area contributed by atoms with Crippen molar-refractivity contribution in [3.05, 3.63) is 51.8 Å². The van der Waals surface area contributed by atoms with Crippen LogP contribution in [-0.2, 0) is 6.54 Å². The van der Waals surface area contributed by atoms with Crippen molar-refractivity contribution in [2.24, 2.45) is 0 Å². The van der Waals surface area contributed by atoms with Gasteiger partial charge in [-0.15, -0.1) is 0 Å². The molecule has 0 aliphatic carbocycles. The first kappa shape index (κ1) is 12.9. The van der Waals surface area contributed by atoms with Crippen molar-refractivity contribution in [1.29, 1.82) is 0 Å². The lowest BCUT2D eigenvalue weighted by molar-refractivity contribution is 0.102. The number of aryl methyl sites for hydroxylation is 1. The van der Waals surface area contributed by atoms with Gasteiger partial charge in [0.05, 0.1) is 16.2 Å². The lowest BCUT2D eigenvalue weighted by atomic mass is 10.1. The molecule has 18 heavy (non-hydrogen) atoms. The van der Waals surface area contributed by atoms with Gasteiger partial charge in [0.15, 0.2) is 0 Å². The van der Waals surface area contributed by atoms with Crippen molar-refractivity contribution < 1.29 is 13.6 Å². The Balaban J connectivity index is 2.51. The Kier molecular flexibility index (Phi) is 3.56. The molecule has 0 saturated carbocycles. The third-order valence-electron chi connectivity index (χ3n) is 2.49. The molecule has 0 bridgehead atoms. The first-order valence-electron chi connectivity index (χ1n) is 5.25. The van der Waals surface area contributed by atoms with E-state index in [2.05, 4.69) is 21.0 Å². The fraction of sp³-hybridized carbons (Fsp3) is 0.167. The summed E-state index contributed by atoms with van der Waals surface area (Å²) in [5.41, 5.74) is 0.0790. The maximum atomic E-state index is 13.6. The second-order valence-corrected chi connectivity index (χ2v) is 4.46. The van der Waals surface area contributed by atoms with Gasteiger partial charge in [-0.2, -0.15) is 5.10 Å². The molecule has 3 nitrogen and oxygen atoms in total. The van der Waals surface area contributed by atoms with Gasteiger partial charge in [-0.05, 0) is 35.0 Å². The van der Waals surface area contributed by atoms with Crippen LogP contribution in [0.1, 0.15) is 23.0 Å². The molecule has 6 heteroatoms. The van der Waals surface area contributed by atoms with Crippen LogP contribution in [0.3, 0.4) is 0 Å². The van der Waals surface area contributed by atoms with Gasteiger partial charge in [0.1, 0.15) is 17.3 Å². The van der Waals surface area contributed by atoms with Crippen molar-refractivity contribution in [1.82, 2.24) is 9.78 Å². The summed E-state index contributed by atoms with van der Waals surface area (Å²) < 4.78 is 28.3. The van der Waals surface area contributed by atoms with Crippen LogP contribution < -0.4 is 0 Å². The van der Waals surface area contributed by atoms with Crippen molar-refractivity contribution >= 4 is 21.7 Å². The molecule has 0 atom stereocenters. The fourth-order valence-corrected chi connectivity index (χ4v) is 2.11. The smallest absolute Gasteiger partial charge is 0.215 e. The van der Waals surface area contributed by atoms with Crippen molar-refractivity contribution in [3.8, 4) is 0 Å². The molecule has 0 spiro atoms. The molecule has 1 heterocycles. The highest BCUT2D eigenvalue weighted by Crippen LogP contribution is 2.21. The molecule has 0 saturated heterocycles. The number of hydrogen-bond acceptors (Lipinski definition) is 2. The maximum Gasteiger partial charge on any atom is 0.215 e. The molecule has 0 fully saturated rings. The largest absolute Gasteiger partial charge is 0.287 e. The molecular weight excluding hydrogens is 306 g/mol. The number of halogens is 3. The molecule has 1 aromatic carbocycles. The molecule has 94 valence electrons. The van der Waals surface area contributed by atoms with Gasteiger partial charge in [-0.3, -0.25) is 9.48 Å². The first-order valence-corrected chi connectivity index (χ1v) is 6.05. The standard InChI is InChI=1S/C12H9BrF2N2O/c1-2-17-11(9(13)6-16-17)12(18)8-4-3-7(14)5-10(8)15/h3-6H,2H2,1H3. The van der Waals surface area contributed by atoms with E-state index in [0.29, 0.717) is 17.1 Å². The molecule has 1 aromatic heterocycles. The minimum atomic E-state index is -0.879. The van der Waals surface area contributed by atoms with E-state index in [1.807, 2.05) is 6.92 Å². The van der Waals surface area contributed by atoms with Gasteiger partial charge in [0.2, 0.25) is 5.78 Å². The summed E-state index contributed by atoms with van der Waals surface area (Å²) in [5, 5.41) is 3.98. The topological polar surface area (TPSA) is 34.9 Å². The Morgan fingerprint density at radius 3 is 2.78 bits per heavy atom. The summed E-state index contributed by atoms with van der Waals surface area (Å²) in [7, 11) is 0. The first-order chi connectivity index (χ1) is 8.54. The van der Waals surface area contributed by atoms with Crippen molar-refractivity contribution in [3.63, 3.8) is 0 Å². The predicted molar refractivity (Wildman–Crippen MR) is 65.4 cm³/mol. The number of ketones is 1. The average Bonchev–Trinajstić information content (AvgIpc) is 2.69. The van der Waals surface area contributed by atoms with Crippen LogP contribution in [-0.4, -0.2) is 15.6 Å². The number of nitrogens with zero attached hydrogens (tertiary/aromatic N) is 2. The Labute approximate surface area is 111 Å². The number of rotatable bonds is 3. The zero-order valence-electron chi connectivity index (χ0n) is 9.45. The quantitative estimate of drug-likeness (QED) is 0.816. The van der Waals surface area contributed by atoms with Crippen molar-refractivity contribution in [2.75, 3.05) is 0 Å². The van der Waals surface area contributed by atoms with Crippen LogP contribution in [0.4, 0.5) is 8.78 Å². The van der Waals surface area contributed by atoms with Crippen LogP contribution in [0.25, 0.3) is 0 Å². The van der Waals surface area contributed by atoms with Crippen LogP contribution in [0.5, 0.6) is 0 Å². The third kappa shape index (κ3) is 2.20. The van der Waals surface area contributed by atoms with E-state index in [9.17, 15) is 13.6 Å². The molecule has 0 amide bonds. The van der Waals surface area contributed by atoms with Gasteiger partial charge >= 0.3 is 0 Å². The molecule has 2 aromatic rings. The van der Waals surface area contributed by atoms with E-state index >= 15 is 0 Å². The zero-order chi connectivity index (χ0) is 13.3. The summed E-state index contributed by atoms with van der Waals surface area (Å²) >= 11 is 3.19. The third-order valence-corrected chi connectivity index (χ3v) is 3.07. The van der Waals surface area contributed by atoms with Crippen LogP contribution in [0, 0.1) is 11.6 Å². The number of carbonyl (C=O) groups is 1. The van der Waals surface area contributed by atoms with E-state index in [1.165, 1.54) is 10.9 Å². The summed E-state index contributed by atoms with van der Waals surface area (Å²) in [6, 6.07) is 2.87. The zero-order valence-corrected chi connectivity index (χ0v) is 11.0. The normalized spacial score (nSPS) is 10.7. The number of hydrogen-bond donors (Lipinski definition) is 0. The fourth-order valence-electron chi connectivity index (χ4n) is 1.63. The highest BCUT2D eigenvalue weighted by molar-refractivity contribution is 9.10. The predicted octanol–water partition coefficient (Wildman–Crippen LogP) is 3.17. The van der Waals surface area contributed by atoms with Crippen LogP contribution in [0.15, 0.2) is 28.9 Å². The monoisotopic (exact) mass is 314 g/mol.